The Kier molecular flexibility index (Phi) is 6.14. The number of hydrogen-bond acceptors (Lipinski definition) is 6. The molecule has 2 aromatic rings. The fraction of sp³-hybridized carbons (Fsp3) is 0.357. The summed E-state index contributed by atoms with van der Waals surface area (Å²) in [5, 5.41) is 10.9. The Morgan fingerprint density at radius 1 is 1.41 bits per heavy atom. The van der Waals surface area contributed by atoms with Gasteiger partial charge in [-0.3, -0.25) is 10.1 Å². The Bertz CT molecular complexity index is 636. The van der Waals surface area contributed by atoms with Crippen molar-refractivity contribution in [2.75, 3.05) is 11.1 Å². The van der Waals surface area contributed by atoms with E-state index in [-0.39, 0.29) is 11.7 Å². The summed E-state index contributed by atoms with van der Waals surface area (Å²) < 4.78 is 19.8. The maximum Gasteiger partial charge on any atom is 0.267 e. The van der Waals surface area contributed by atoms with Gasteiger partial charge in [-0.25, -0.2) is 4.39 Å². The first kappa shape index (κ1) is 16.7. The predicted molar refractivity (Wildman–Crippen MR) is 86.0 cm³/mol. The van der Waals surface area contributed by atoms with Crippen LogP contribution in [0.4, 0.5) is 9.52 Å². The summed E-state index contributed by atoms with van der Waals surface area (Å²) in [7, 11) is 0. The summed E-state index contributed by atoms with van der Waals surface area (Å²) in [6.45, 7) is 3.81. The maximum absolute atomic E-state index is 13.6. The topological polar surface area (TPSA) is 64.1 Å². The minimum absolute atomic E-state index is 0.0593. The number of anilines is 1. The van der Waals surface area contributed by atoms with Crippen LogP contribution in [0.5, 0.6) is 5.75 Å². The molecule has 0 fully saturated rings. The second-order valence-electron chi connectivity index (χ2n) is 4.24. The molecule has 1 atom stereocenters. The largest absolute Gasteiger partial charge is 0.478 e. The minimum Gasteiger partial charge on any atom is -0.478 e. The van der Waals surface area contributed by atoms with Gasteiger partial charge in [0.2, 0.25) is 5.13 Å². The molecular formula is C14H16FN3O2S2. The van der Waals surface area contributed by atoms with Crippen molar-refractivity contribution in [1.82, 2.24) is 10.2 Å². The van der Waals surface area contributed by atoms with E-state index in [0.29, 0.717) is 11.6 Å². The van der Waals surface area contributed by atoms with Crippen molar-refractivity contribution < 1.29 is 13.9 Å². The third kappa shape index (κ3) is 4.41. The van der Waals surface area contributed by atoms with E-state index in [2.05, 4.69) is 15.5 Å². The highest BCUT2D eigenvalue weighted by atomic mass is 32.2. The predicted octanol–water partition coefficient (Wildman–Crippen LogP) is 3.59. The summed E-state index contributed by atoms with van der Waals surface area (Å²) in [4.78, 5) is 12.2. The number of aromatic nitrogens is 2. The smallest absolute Gasteiger partial charge is 0.267 e. The van der Waals surface area contributed by atoms with Gasteiger partial charge in [0.05, 0.1) is 0 Å². The lowest BCUT2D eigenvalue weighted by Crippen LogP contribution is -2.32. The van der Waals surface area contributed by atoms with Gasteiger partial charge in [-0.1, -0.05) is 49.1 Å². The van der Waals surface area contributed by atoms with Gasteiger partial charge in [-0.2, -0.15) is 0 Å². The third-order valence-corrected chi connectivity index (χ3v) is 4.53. The fourth-order valence-electron chi connectivity index (χ4n) is 1.64. The van der Waals surface area contributed by atoms with Crippen molar-refractivity contribution in [3.05, 3.63) is 30.1 Å². The zero-order valence-corrected chi connectivity index (χ0v) is 13.8. The Balaban J connectivity index is 2.00. The molecule has 1 aromatic heterocycles. The van der Waals surface area contributed by atoms with Crippen LogP contribution >= 0.6 is 23.1 Å². The second-order valence-corrected chi connectivity index (χ2v) is 6.73. The van der Waals surface area contributed by atoms with Crippen LogP contribution in [0, 0.1) is 5.82 Å². The van der Waals surface area contributed by atoms with Crippen LogP contribution in [0.2, 0.25) is 0 Å². The van der Waals surface area contributed by atoms with Gasteiger partial charge < -0.3 is 4.74 Å². The van der Waals surface area contributed by atoms with E-state index in [4.69, 9.17) is 4.74 Å². The number of carbonyl (C=O) groups excluding carboxylic acids is 1. The van der Waals surface area contributed by atoms with E-state index in [9.17, 15) is 9.18 Å². The number of hydrogen-bond donors (Lipinski definition) is 1. The molecule has 2 rings (SSSR count). The van der Waals surface area contributed by atoms with Crippen LogP contribution in [0.25, 0.3) is 0 Å². The molecule has 0 aliphatic carbocycles. The summed E-state index contributed by atoms with van der Waals surface area (Å²) in [5.74, 6) is 0.0848. The second kappa shape index (κ2) is 8.09. The number of halogens is 1. The molecule has 0 saturated carbocycles. The van der Waals surface area contributed by atoms with Gasteiger partial charge >= 0.3 is 0 Å². The normalized spacial score (nSPS) is 12.0. The number of benzene rings is 1. The van der Waals surface area contributed by atoms with E-state index in [1.807, 2.05) is 6.92 Å². The summed E-state index contributed by atoms with van der Waals surface area (Å²) in [6, 6.07) is 6.00. The molecule has 0 aliphatic rings. The number of rotatable bonds is 7. The summed E-state index contributed by atoms with van der Waals surface area (Å²) >= 11 is 2.86. The molecule has 5 nitrogen and oxygen atoms in total. The van der Waals surface area contributed by atoms with E-state index in [1.54, 1.807) is 30.8 Å². The molecule has 1 aromatic carbocycles. The zero-order valence-electron chi connectivity index (χ0n) is 12.2. The highest BCUT2D eigenvalue weighted by Crippen LogP contribution is 2.25. The Morgan fingerprint density at radius 2 is 2.18 bits per heavy atom. The molecule has 118 valence electrons. The Hall–Kier alpha value is -1.67. The molecule has 0 aliphatic heterocycles. The van der Waals surface area contributed by atoms with Crippen molar-refractivity contribution >= 4 is 34.1 Å². The van der Waals surface area contributed by atoms with Gasteiger partial charge in [0.1, 0.15) is 0 Å². The van der Waals surface area contributed by atoms with Crippen molar-refractivity contribution in [3.8, 4) is 5.75 Å². The minimum atomic E-state index is -0.789. The van der Waals surface area contributed by atoms with E-state index in [0.717, 1.165) is 10.1 Å². The standard InChI is InChI=1S/C14H16FN3O2S2/c1-3-10(20-11-8-6-5-7-9(11)15)12(19)16-13-17-18-14(22-13)21-4-2/h5-8,10H,3-4H2,1-2H3,(H,16,17,19)/t10-/m0/s1. The molecule has 0 spiro atoms. The molecule has 22 heavy (non-hydrogen) atoms. The molecule has 0 bridgehead atoms. The van der Waals surface area contributed by atoms with Crippen molar-refractivity contribution in [2.24, 2.45) is 0 Å². The van der Waals surface area contributed by atoms with Gasteiger partial charge in [0, 0.05) is 0 Å². The number of para-hydroxylation sites is 1. The van der Waals surface area contributed by atoms with Crippen LogP contribution in [0.1, 0.15) is 20.3 Å². The lowest BCUT2D eigenvalue weighted by atomic mass is 10.2. The van der Waals surface area contributed by atoms with Gasteiger partial charge in [0.25, 0.3) is 5.91 Å². The van der Waals surface area contributed by atoms with E-state index in [1.165, 1.54) is 23.5 Å². The van der Waals surface area contributed by atoms with Crippen LogP contribution in [-0.2, 0) is 4.79 Å². The quantitative estimate of drug-likeness (QED) is 0.616. The lowest BCUT2D eigenvalue weighted by molar-refractivity contribution is -0.122. The first-order valence-corrected chi connectivity index (χ1v) is 8.62. The van der Waals surface area contributed by atoms with E-state index >= 15 is 0 Å². The molecule has 1 heterocycles. The third-order valence-electron chi connectivity index (χ3n) is 2.67. The molecular weight excluding hydrogens is 325 g/mol. The zero-order chi connectivity index (χ0) is 15.9. The number of ether oxygens (including phenoxy) is 1. The van der Waals surface area contributed by atoms with Gasteiger partial charge in [0.15, 0.2) is 22.0 Å². The number of nitrogens with one attached hydrogen (secondary N) is 1. The molecule has 0 radical (unpaired) electrons. The van der Waals surface area contributed by atoms with Gasteiger partial charge in [-0.15, -0.1) is 10.2 Å². The number of thioether (sulfide) groups is 1. The van der Waals surface area contributed by atoms with E-state index < -0.39 is 11.9 Å². The molecule has 0 saturated heterocycles. The molecule has 1 N–H and O–H groups in total. The SMILES string of the molecule is CCSc1nnc(NC(=O)[C@H](CC)Oc2ccccc2F)s1. The average molecular weight is 341 g/mol. The van der Waals surface area contributed by atoms with Crippen LogP contribution < -0.4 is 10.1 Å². The summed E-state index contributed by atoms with van der Waals surface area (Å²) in [5.41, 5.74) is 0. The fourth-order valence-corrected chi connectivity index (χ4v) is 3.30. The first-order chi connectivity index (χ1) is 10.6. The first-order valence-electron chi connectivity index (χ1n) is 6.82. The highest BCUT2D eigenvalue weighted by Gasteiger charge is 2.21. The number of carbonyl (C=O) groups is 1. The van der Waals surface area contributed by atoms with Crippen LogP contribution in [0.3, 0.4) is 0 Å². The lowest BCUT2D eigenvalue weighted by Gasteiger charge is -2.16. The highest BCUT2D eigenvalue weighted by molar-refractivity contribution is 8.01. The monoisotopic (exact) mass is 341 g/mol. The average Bonchev–Trinajstić information content (AvgIpc) is 2.94. The van der Waals surface area contributed by atoms with Gasteiger partial charge in [-0.05, 0) is 24.3 Å². The molecule has 1 amide bonds. The maximum atomic E-state index is 13.6. The van der Waals surface area contributed by atoms with Crippen molar-refractivity contribution in [1.29, 1.82) is 0 Å². The number of amides is 1. The van der Waals surface area contributed by atoms with Crippen LogP contribution in [-0.4, -0.2) is 28.0 Å². The Labute approximate surface area is 136 Å². The Morgan fingerprint density at radius 3 is 2.86 bits per heavy atom. The number of nitrogens with zero attached hydrogens (tertiary/aromatic N) is 2. The molecule has 0 unspecified atom stereocenters. The summed E-state index contributed by atoms with van der Waals surface area (Å²) in [6.07, 6.45) is -0.377. The van der Waals surface area contributed by atoms with Crippen LogP contribution in [0.15, 0.2) is 28.6 Å². The molecule has 8 heteroatoms. The van der Waals surface area contributed by atoms with Crippen molar-refractivity contribution in [2.45, 2.75) is 30.7 Å². The van der Waals surface area contributed by atoms with Crippen molar-refractivity contribution in [3.63, 3.8) is 0 Å².